The molecule has 1 saturated heterocycles. The quantitative estimate of drug-likeness (QED) is 0.654. The Kier molecular flexibility index (Phi) is 3.71. The van der Waals surface area contributed by atoms with Crippen molar-refractivity contribution in [3.05, 3.63) is 42.6 Å². The van der Waals surface area contributed by atoms with Gasteiger partial charge in [0.25, 0.3) is 0 Å². The van der Waals surface area contributed by atoms with Gasteiger partial charge in [-0.15, -0.1) is 0 Å². The van der Waals surface area contributed by atoms with E-state index in [1.165, 1.54) is 11.7 Å². The van der Waals surface area contributed by atoms with Crippen LogP contribution in [0.15, 0.2) is 42.6 Å². The molecule has 15 heavy (non-hydrogen) atoms. The Balaban J connectivity index is 0.000000144. The standard InChI is InChI=1S/C9H7N.C2H6BNO/c1-2-6-9-8(4-1)5-3-7-10-9;1-2-5-4-3-1/h1-7H;3-4H,1-2H2. The van der Waals surface area contributed by atoms with Crippen molar-refractivity contribution in [2.45, 2.75) is 6.32 Å². The summed E-state index contributed by atoms with van der Waals surface area (Å²) in [5.74, 6) is 0. The average Bonchev–Trinajstić information content (AvgIpc) is 2.88. The monoisotopic (exact) mass is 200 g/mol. The van der Waals surface area contributed by atoms with Crippen LogP contribution in [0.2, 0.25) is 6.32 Å². The van der Waals surface area contributed by atoms with Crippen molar-refractivity contribution in [3.8, 4) is 0 Å². The molecule has 2 aromatic rings. The minimum absolute atomic E-state index is 0.889. The van der Waals surface area contributed by atoms with Gasteiger partial charge < -0.3 is 4.84 Å². The van der Waals surface area contributed by atoms with E-state index in [1.807, 2.05) is 30.5 Å². The zero-order chi connectivity index (χ0) is 10.3. The molecule has 0 spiro atoms. The average molecular weight is 200 g/mol. The smallest absolute Gasteiger partial charge is 0.236 e. The Morgan fingerprint density at radius 1 is 1.20 bits per heavy atom. The molecule has 1 fully saturated rings. The molecule has 0 radical (unpaired) electrons. The third kappa shape index (κ3) is 3.04. The Labute approximate surface area is 89.7 Å². The lowest BCUT2D eigenvalue weighted by Gasteiger charge is -1.91. The number of hydrogen-bond acceptors (Lipinski definition) is 3. The van der Waals surface area contributed by atoms with Crippen molar-refractivity contribution in [1.29, 1.82) is 0 Å². The van der Waals surface area contributed by atoms with E-state index in [0.29, 0.717) is 0 Å². The molecule has 0 atom stereocenters. The van der Waals surface area contributed by atoms with E-state index < -0.39 is 0 Å². The van der Waals surface area contributed by atoms with Crippen LogP contribution >= 0.6 is 0 Å². The Hall–Kier alpha value is -1.39. The minimum atomic E-state index is 0.889. The lowest BCUT2D eigenvalue weighted by atomic mass is 9.94. The molecule has 0 unspecified atom stereocenters. The molecule has 0 saturated carbocycles. The van der Waals surface area contributed by atoms with E-state index in [2.05, 4.69) is 22.5 Å². The summed E-state index contributed by atoms with van der Waals surface area (Å²) in [5, 5.41) is 3.92. The van der Waals surface area contributed by atoms with Crippen LogP contribution in [0.3, 0.4) is 0 Å². The van der Waals surface area contributed by atoms with Crippen molar-refractivity contribution in [1.82, 2.24) is 10.4 Å². The number of para-hydroxylation sites is 1. The predicted octanol–water partition coefficient (Wildman–Crippen LogP) is 1.53. The van der Waals surface area contributed by atoms with Crippen LogP contribution in [-0.2, 0) is 4.84 Å². The number of hydrogen-bond donors (Lipinski definition) is 1. The highest BCUT2D eigenvalue weighted by Crippen LogP contribution is 2.07. The maximum absolute atomic E-state index is 4.69. The second-order valence-electron chi connectivity index (χ2n) is 3.29. The van der Waals surface area contributed by atoms with E-state index in [9.17, 15) is 0 Å². The highest BCUT2D eigenvalue weighted by Gasteiger charge is 1.96. The van der Waals surface area contributed by atoms with Crippen LogP contribution < -0.4 is 5.39 Å². The van der Waals surface area contributed by atoms with Gasteiger partial charge in [0.2, 0.25) is 7.41 Å². The third-order valence-electron chi connectivity index (χ3n) is 2.14. The van der Waals surface area contributed by atoms with Crippen LogP contribution in [-0.4, -0.2) is 19.0 Å². The molecule has 1 aromatic heterocycles. The van der Waals surface area contributed by atoms with Gasteiger partial charge in [0.1, 0.15) is 0 Å². The minimum Gasteiger partial charge on any atom is -0.314 e. The predicted molar refractivity (Wildman–Crippen MR) is 62.8 cm³/mol. The van der Waals surface area contributed by atoms with Crippen molar-refractivity contribution >= 4 is 18.3 Å². The van der Waals surface area contributed by atoms with Gasteiger partial charge in [-0.25, -0.2) is 5.39 Å². The molecule has 0 aliphatic carbocycles. The topological polar surface area (TPSA) is 34.1 Å². The Morgan fingerprint density at radius 3 is 2.73 bits per heavy atom. The van der Waals surface area contributed by atoms with Gasteiger partial charge in [-0.3, -0.25) is 4.98 Å². The molecule has 3 rings (SSSR count). The van der Waals surface area contributed by atoms with Gasteiger partial charge >= 0.3 is 0 Å². The number of fused-ring (bicyclic) bond motifs is 1. The number of pyridine rings is 1. The fraction of sp³-hybridized carbons (Fsp3) is 0.182. The summed E-state index contributed by atoms with van der Waals surface area (Å²) in [5.41, 5.74) is 1.06. The summed E-state index contributed by atoms with van der Waals surface area (Å²) in [4.78, 5) is 8.88. The molecule has 2 heterocycles. The largest absolute Gasteiger partial charge is 0.314 e. The van der Waals surface area contributed by atoms with Gasteiger partial charge in [0, 0.05) is 11.6 Å². The van der Waals surface area contributed by atoms with E-state index in [1.54, 1.807) is 0 Å². The molecule has 4 heteroatoms. The molecule has 1 aromatic carbocycles. The first kappa shape index (κ1) is 10.1. The SMILES string of the molecule is B1CCON1.c1ccc2ncccc2c1. The summed E-state index contributed by atoms with van der Waals surface area (Å²) in [6.45, 7) is 0.889. The van der Waals surface area contributed by atoms with Crippen molar-refractivity contribution in [2.24, 2.45) is 0 Å². The molecule has 76 valence electrons. The number of nitrogens with one attached hydrogen (secondary N) is 1. The van der Waals surface area contributed by atoms with Crippen molar-refractivity contribution < 1.29 is 4.84 Å². The van der Waals surface area contributed by atoms with Crippen LogP contribution in [0.25, 0.3) is 10.9 Å². The fourth-order valence-electron chi connectivity index (χ4n) is 1.38. The van der Waals surface area contributed by atoms with Gasteiger partial charge in [0.05, 0.1) is 12.1 Å². The van der Waals surface area contributed by atoms with Crippen molar-refractivity contribution in [3.63, 3.8) is 0 Å². The molecule has 0 bridgehead atoms. The highest BCUT2D eigenvalue weighted by atomic mass is 16.6. The molecule has 1 aliphatic heterocycles. The van der Waals surface area contributed by atoms with Gasteiger partial charge in [-0.2, -0.15) is 0 Å². The van der Waals surface area contributed by atoms with Crippen molar-refractivity contribution in [2.75, 3.05) is 6.61 Å². The lowest BCUT2D eigenvalue weighted by Crippen LogP contribution is -2.05. The first-order valence-electron chi connectivity index (χ1n) is 5.11. The molecule has 3 nitrogen and oxygen atoms in total. The van der Waals surface area contributed by atoms with Gasteiger partial charge in [0.15, 0.2) is 0 Å². The first-order chi connectivity index (χ1) is 7.47. The summed E-state index contributed by atoms with van der Waals surface area (Å²) < 4.78 is 0. The van der Waals surface area contributed by atoms with Crippen LogP contribution in [0.5, 0.6) is 0 Å². The molecular weight excluding hydrogens is 187 g/mol. The van der Waals surface area contributed by atoms with E-state index in [0.717, 1.165) is 19.5 Å². The van der Waals surface area contributed by atoms with Gasteiger partial charge in [-0.05, 0) is 18.5 Å². The van der Waals surface area contributed by atoms with E-state index in [-0.39, 0.29) is 0 Å². The second-order valence-corrected chi connectivity index (χ2v) is 3.29. The van der Waals surface area contributed by atoms with Gasteiger partial charge in [-0.1, -0.05) is 24.3 Å². The zero-order valence-corrected chi connectivity index (χ0v) is 8.52. The summed E-state index contributed by atoms with van der Waals surface area (Å²) in [7, 11) is 1.03. The number of nitrogens with zero attached hydrogens (tertiary/aromatic N) is 1. The Bertz CT molecular complexity index is 345. The zero-order valence-electron chi connectivity index (χ0n) is 8.52. The highest BCUT2D eigenvalue weighted by molar-refractivity contribution is 6.32. The molecule has 1 N–H and O–H groups in total. The van der Waals surface area contributed by atoms with E-state index >= 15 is 0 Å². The maximum Gasteiger partial charge on any atom is 0.236 e. The maximum atomic E-state index is 4.69. The molecule has 1 aliphatic rings. The Morgan fingerprint density at radius 2 is 2.07 bits per heavy atom. The van der Waals surface area contributed by atoms with Crippen LogP contribution in [0.4, 0.5) is 0 Å². The first-order valence-corrected chi connectivity index (χ1v) is 5.11. The summed E-state index contributed by atoms with van der Waals surface area (Å²) in [6.07, 6.45) is 2.97. The summed E-state index contributed by atoms with van der Waals surface area (Å²) in [6, 6.07) is 12.1. The normalized spacial score (nSPS) is 14.1. The molecular formula is C11H13BN2O. The second kappa shape index (κ2) is 5.48. The number of aromatic nitrogens is 1. The fourth-order valence-corrected chi connectivity index (χ4v) is 1.38. The van der Waals surface area contributed by atoms with E-state index in [4.69, 9.17) is 4.84 Å². The van der Waals surface area contributed by atoms with Crippen LogP contribution in [0, 0.1) is 0 Å². The number of rotatable bonds is 0. The van der Waals surface area contributed by atoms with Crippen LogP contribution in [0.1, 0.15) is 0 Å². The lowest BCUT2D eigenvalue weighted by molar-refractivity contribution is 0.128. The third-order valence-corrected chi connectivity index (χ3v) is 2.14. The molecule has 0 amide bonds. The summed E-state index contributed by atoms with van der Waals surface area (Å²) >= 11 is 0. The number of benzene rings is 1.